The molecule has 0 fully saturated rings. The zero-order chi connectivity index (χ0) is 29.3. The van der Waals surface area contributed by atoms with E-state index in [1.54, 1.807) is 30.5 Å². The van der Waals surface area contributed by atoms with Crippen LogP contribution in [0.15, 0.2) is 60.8 Å². The lowest BCUT2D eigenvalue weighted by molar-refractivity contribution is -0.137. The summed E-state index contributed by atoms with van der Waals surface area (Å²) in [5, 5.41) is 6.03. The van der Waals surface area contributed by atoms with Crippen molar-refractivity contribution in [2.24, 2.45) is 17.2 Å². The van der Waals surface area contributed by atoms with E-state index >= 15 is 0 Å². The maximum Gasteiger partial charge on any atom is 0.416 e. The van der Waals surface area contributed by atoms with Crippen LogP contribution in [0.4, 0.5) is 18.9 Å². The number of anilines is 1. The van der Waals surface area contributed by atoms with Gasteiger partial charge in [0.05, 0.1) is 23.5 Å². The number of pyridine rings is 1. The lowest BCUT2D eigenvalue weighted by Gasteiger charge is -2.24. The van der Waals surface area contributed by atoms with Crippen LogP contribution in [0.2, 0.25) is 0 Å². The van der Waals surface area contributed by atoms with Gasteiger partial charge < -0.3 is 32.7 Å². The van der Waals surface area contributed by atoms with Crippen LogP contribution >= 0.6 is 0 Å². The number of nitrogens with one attached hydrogen (secondary N) is 2. The molecule has 0 bridgehead atoms. The molecule has 10 nitrogen and oxygen atoms in total. The maximum atomic E-state index is 13.3. The molecule has 1 aromatic heterocycles. The summed E-state index contributed by atoms with van der Waals surface area (Å²) in [5.74, 6) is -1.82. The van der Waals surface area contributed by atoms with E-state index in [1.807, 2.05) is 6.07 Å². The molecular formula is C27H32F3N7O3. The van der Waals surface area contributed by atoms with Crippen molar-refractivity contribution in [3.8, 4) is 0 Å². The molecule has 40 heavy (non-hydrogen) atoms. The smallest absolute Gasteiger partial charge is 0.343 e. The number of benzene rings is 2. The molecule has 0 aliphatic heterocycles. The summed E-state index contributed by atoms with van der Waals surface area (Å²) in [7, 11) is 0. The van der Waals surface area contributed by atoms with E-state index in [2.05, 4.69) is 15.6 Å². The third-order valence-electron chi connectivity index (χ3n) is 6.11. The second-order valence-electron chi connectivity index (χ2n) is 9.13. The summed E-state index contributed by atoms with van der Waals surface area (Å²) in [5.41, 5.74) is 17.7. The quantitative estimate of drug-likeness (QED) is 0.223. The Morgan fingerprint density at radius 1 is 0.950 bits per heavy atom. The summed E-state index contributed by atoms with van der Waals surface area (Å²) in [6.45, 7) is 0.885. The summed E-state index contributed by atoms with van der Waals surface area (Å²) >= 11 is 0. The van der Waals surface area contributed by atoms with Crippen LogP contribution in [0, 0.1) is 0 Å². The highest BCUT2D eigenvalue weighted by Gasteiger charge is 2.31. The lowest BCUT2D eigenvalue weighted by Crippen LogP contribution is -2.52. The van der Waals surface area contributed by atoms with E-state index in [0.29, 0.717) is 16.8 Å². The highest BCUT2D eigenvalue weighted by molar-refractivity contribution is 5.99. The Morgan fingerprint density at radius 2 is 1.62 bits per heavy atom. The van der Waals surface area contributed by atoms with Gasteiger partial charge in [-0.15, -0.1) is 0 Å². The molecule has 0 spiro atoms. The summed E-state index contributed by atoms with van der Waals surface area (Å²) in [4.78, 5) is 44.4. The molecule has 3 rings (SSSR count). The minimum atomic E-state index is -4.52. The number of halogens is 3. The highest BCUT2D eigenvalue weighted by atomic mass is 19.4. The predicted octanol–water partition coefficient (Wildman–Crippen LogP) is 1.38. The van der Waals surface area contributed by atoms with Gasteiger partial charge in [-0.25, -0.2) is 0 Å². The number of hydrogen-bond acceptors (Lipinski definition) is 7. The molecule has 214 valence electrons. The largest absolute Gasteiger partial charge is 0.416 e. The van der Waals surface area contributed by atoms with Gasteiger partial charge in [0.1, 0.15) is 6.04 Å². The van der Waals surface area contributed by atoms with Crippen LogP contribution < -0.4 is 27.8 Å². The van der Waals surface area contributed by atoms with Crippen molar-refractivity contribution in [2.45, 2.75) is 31.1 Å². The molecule has 0 saturated heterocycles. The van der Waals surface area contributed by atoms with E-state index in [9.17, 15) is 27.6 Å². The Morgan fingerprint density at radius 3 is 2.25 bits per heavy atom. The topological polar surface area (TPSA) is 169 Å². The molecule has 0 aliphatic carbocycles. The third kappa shape index (κ3) is 8.46. The van der Waals surface area contributed by atoms with Gasteiger partial charge in [0, 0.05) is 49.9 Å². The molecule has 8 N–H and O–H groups in total. The fourth-order valence-electron chi connectivity index (χ4n) is 4.02. The normalized spacial score (nSPS) is 12.9. The molecule has 0 radical (unpaired) electrons. The van der Waals surface area contributed by atoms with Crippen LogP contribution in [0.1, 0.15) is 17.5 Å². The van der Waals surface area contributed by atoms with E-state index in [0.717, 1.165) is 17.5 Å². The minimum Gasteiger partial charge on any atom is -0.343 e. The van der Waals surface area contributed by atoms with Crippen LogP contribution in [-0.4, -0.2) is 65.9 Å². The molecule has 0 aliphatic rings. The van der Waals surface area contributed by atoms with Crippen molar-refractivity contribution in [3.05, 3.63) is 71.9 Å². The molecule has 2 aromatic carbocycles. The Kier molecular flexibility index (Phi) is 10.5. The van der Waals surface area contributed by atoms with Crippen molar-refractivity contribution >= 4 is 34.3 Å². The van der Waals surface area contributed by atoms with Gasteiger partial charge in [0.25, 0.3) is 0 Å². The summed E-state index contributed by atoms with van der Waals surface area (Å²) in [6, 6.07) is 10.4. The minimum absolute atomic E-state index is 0.127. The van der Waals surface area contributed by atoms with Gasteiger partial charge in [-0.3, -0.25) is 19.4 Å². The van der Waals surface area contributed by atoms with Crippen molar-refractivity contribution in [3.63, 3.8) is 0 Å². The van der Waals surface area contributed by atoms with Crippen molar-refractivity contribution < 1.29 is 27.6 Å². The number of nitrogens with zero attached hydrogens (tertiary/aromatic N) is 2. The SMILES string of the molecule is NCCN(CCN)C(=O)CC(N)C(=O)NC(Cc1ccc(C(F)(F)F)cc1)C(=O)Nc1ccc2ncccc2c1. The highest BCUT2D eigenvalue weighted by Crippen LogP contribution is 2.29. The zero-order valence-electron chi connectivity index (χ0n) is 21.7. The number of carbonyl (C=O) groups is 3. The zero-order valence-corrected chi connectivity index (χ0v) is 21.7. The van der Waals surface area contributed by atoms with E-state index in [-0.39, 0.29) is 39.0 Å². The lowest BCUT2D eigenvalue weighted by atomic mass is 10.0. The Balaban J connectivity index is 1.77. The molecular weight excluding hydrogens is 527 g/mol. The molecule has 2 unspecified atom stereocenters. The second-order valence-corrected chi connectivity index (χ2v) is 9.13. The second kappa shape index (κ2) is 13.8. The van der Waals surface area contributed by atoms with Gasteiger partial charge >= 0.3 is 6.18 Å². The predicted molar refractivity (Wildman–Crippen MR) is 145 cm³/mol. The number of aromatic nitrogens is 1. The molecule has 3 aromatic rings. The number of amides is 3. The summed E-state index contributed by atoms with van der Waals surface area (Å²) in [6.07, 6.45) is -3.36. The van der Waals surface area contributed by atoms with Crippen LogP contribution in [0.3, 0.4) is 0 Å². The van der Waals surface area contributed by atoms with Gasteiger partial charge in [0.15, 0.2) is 0 Å². The first kappa shape index (κ1) is 30.5. The number of nitrogens with two attached hydrogens (primary N) is 3. The van der Waals surface area contributed by atoms with E-state index in [4.69, 9.17) is 17.2 Å². The number of fused-ring (bicyclic) bond motifs is 1. The fourth-order valence-corrected chi connectivity index (χ4v) is 4.02. The third-order valence-corrected chi connectivity index (χ3v) is 6.11. The first-order valence-electron chi connectivity index (χ1n) is 12.6. The van der Waals surface area contributed by atoms with Crippen molar-refractivity contribution in [1.82, 2.24) is 15.2 Å². The Hall–Kier alpha value is -4.07. The van der Waals surface area contributed by atoms with Gasteiger partial charge in [-0.1, -0.05) is 18.2 Å². The van der Waals surface area contributed by atoms with E-state index in [1.165, 1.54) is 17.0 Å². The molecule has 3 amide bonds. The van der Waals surface area contributed by atoms with Crippen LogP contribution in [-0.2, 0) is 27.0 Å². The summed E-state index contributed by atoms with van der Waals surface area (Å²) < 4.78 is 39.0. The molecule has 1 heterocycles. The molecule has 2 atom stereocenters. The van der Waals surface area contributed by atoms with Gasteiger partial charge in [-0.05, 0) is 42.0 Å². The molecule has 13 heteroatoms. The number of hydrogen-bond donors (Lipinski definition) is 5. The maximum absolute atomic E-state index is 13.3. The average molecular weight is 560 g/mol. The number of rotatable bonds is 12. The fraction of sp³-hybridized carbons (Fsp3) is 0.333. The standard InChI is InChI=1S/C27H32F3N7O3/c28-27(29,30)19-5-3-17(4-6-19)14-23(26(40)35-20-7-8-22-18(15-20)2-1-11-34-22)36-25(39)21(33)16-24(38)37(12-9-31)13-10-32/h1-8,11,15,21,23H,9-10,12-14,16,31-33H2,(H,35,40)(H,36,39). The Labute approximate surface area is 229 Å². The van der Waals surface area contributed by atoms with Crippen molar-refractivity contribution in [1.29, 1.82) is 0 Å². The van der Waals surface area contributed by atoms with E-state index < -0.39 is 41.5 Å². The number of carbonyl (C=O) groups excluding carboxylic acids is 3. The van der Waals surface area contributed by atoms with Crippen LogP contribution in [0.5, 0.6) is 0 Å². The molecule has 0 saturated carbocycles. The average Bonchev–Trinajstić information content (AvgIpc) is 2.92. The Bertz CT molecular complexity index is 1310. The first-order valence-corrected chi connectivity index (χ1v) is 12.6. The first-order chi connectivity index (χ1) is 19.0. The number of alkyl halides is 3. The van der Waals surface area contributed by atoms with Crippen LogP contribution in [0.25, 0.3) is 10.9 Å². The van der Waals surface area contributed by atoms with Gasteiger partial charge in [-0.2, -0.15) is 13.2 Å². The van der Waals surface area contributed by atoms with Crippen molar-refractivity contribution in [2.75, 3.05) is 31.5 Å². The monoisotopic (exact) mass is 559 g/mol. The van der Waals surface area contributed by atoms with Gasteiger partial charge in [0.2, 0.25) is 17.7 Å².